The molecule has 0 N–H and O–H groups in total. The molecule has 1 saturated heterocycles. The van der Waals surface area contributed by atoms with Crippen molar-refractivity contribution in [1.82, 2.24) is 4.98 Å². The van der Waals surface area contributed by atoms with Crippen LogP contribution < -0.4 is 4.74 Å². The lowest BCUT2D eigenvalue weighted by molar-refractivity contribution is 0.408. The minimum Gasteiger partial charge on any atom is -0.497 e. The molecule has 2 aromatic rings. The summed E-state index contributed by atoms with van der Waals surface area (Å²) in [6, 6.07) is 5.42. The first-order chi connectivity index (χ1) is 7.79. The quantitative estimate of drug-likeness (QED) is 0.727. The Balaban J connectivity index is 2.30. The molecule has 3 nitrogen and oxygen atoms in total. The van der Waals surface area contributed by atoms with Gasteiger partial charge in [-0.15, -0.1) is 0 Å². The summed E-state index contributed by atoms with van der Waals surface area (Å²) in [7, 11) is 1.58. The van der Waals surface area contributed by atoms with E-state index in [2.05, 4.69) is 4.98 Å². The van der Waals surface area contributed by atoms with Crippen LogP contribution in [0.4, 0.5) is 4.39 Å². The molecule has 16 heavy (non-hydrogen) atoms. The van der Waals surface area contributed by atoms with Crippen LogP contribution in [0.3, 0.4) is 0 Å². The summed E-state index contributed by atoms with van der Waals surface area (Å²) in [6.07, 6.45) is 1.11. The van der Waals surface area contributed by atoms with Gasteiger partial charge in [-0.25, -0.2) is 4.39 Å². The highest BCUT2D eigenvalue weighted by atomic mass is 19.1. The fourth-order valence-corrected chi connectivity index (χ4v) is 1.84. The lowest BCUT2D eigenvalue weighted by Crippen LogP contribution is -1.94. The molecule has 1 aliphatic rings. The standard InChI is InChI=1S/C12H10FNO2/c1-15-7-2-3-10-8(4-7)12(11-6-16-11)9(13)5-14-10/h2-5,11H,6H2,1H3. The van der Waals surface area contributed by atoms with Gasteiger partial charge in [-0.1, -0.05) is 0 Å². The third kappa shape index (κ3) is 1.42. The first kappa shape index (κ1) is 9.54. The molecular weight excluding hydrogens is 209 g/mol. The van der Waals surface area contributed by atoms with Crippen LogP contribution in [-0.2, 0) is 4.74 Å². The molecule has 1 aromatic heterocycles. The van der Waals surface area contributed by atoms with E-state index >= 15 is 0 Å². The molecule has 1 aromatic carbocycles. The fourth-order valence-electron chi connectivity index (χ4n) is 1.84. The first-order valence-electron chi connectivity index (χ1n) is 5.03. The summed E-state index contributed by atoms with van der Waals surface area (Å²) in [5, 5.41) is 0.766. The summed E-state index contributed by atoms with van der Waals surface area (Å²) in [4.78, 5) is 4.04. The molecule has 1 aliphatic heterocycles. The SMILES string of the molecule is COc1ccc2ncc(F)c(C3CO3)c2c1. The van der Waals surface area contributed by atoms with Crippen molar-refractivity contribution in [2.45, 2.75) is 6.10 Å². The average Bonchev–Trinajstić information content (AvgIpc) is 3.12. The van der Waals surface area contributed by atoms with Gasteiger partial charge in [0.25, 0.3) is 0 Å². The smallest absolute Gasteiger partial charge is 0.148 e. The molecule has 0 radical (unpaired) electrons. The molecule has 1 atom stereocenters. The van der Waals surface area contributed by atoms with E-state index in [0.29, 0.717) is 17.9 Å². The third-order valence-corrected chi connectivity index (χ3v) is 2.72. The summed E-state index contributed by atoms with van der Waals surface area (Å²) < 4.78 is 23.9. The van der Waals surface area contributed by atoms with E-state index in [-0.39, 0.29) is 11.9 Å². The number of benzene rings is 1. The number of hydrogen-bond acceptors (Lipinski definition) is 3. The van der Waals surface area contributed by atoms with Crippen LogP contribution in [-0.4, -0.2) is 18.7 Å². The third-order valence-electron chi connectivity index (χ3n) is 2.72. The molecule has 4 heteroatoms. The summed E-state index contributed by atoms with van der Waals surface area (Å²) in [5.74, 6) is 0.380. The number of epoxide rings is 1. The molecule has 1 unspecified atom stereocenters. The second kappa shape index (κ2) is 3.42. The van der Waals surface area contributed by atoms with Crippen molar-refractivity contribution in [3.8, 4) is 5.75 Å². The zero-order valence-corrected chi connectivity index (χ0v) is 8.74. The number of halogens is 1. The molecular formula is C12H10FNO2. The Morgan fingerprint density at radius 1 is 1.50 bits per heavy atom. The predicted molar refractivity (Wildman–Crippen MR) is 56.9 cm³/mol. The van der Waals surface area contributed by atoms with E-state index in [4.69, 9.17) is 9.47 Å². The Morgan fingerprint density at radius 3 is 3.00 bits per heavy atom. The van der Waals surface area contributed by atoms with Crippen molar-refractivity contribution in [2.24, 2.45) is 0 Å². The van der Waals surface area contributed by atoms with Crippen molar-refractivity contribution in [3.63, 3.8) is 0 Å². The van der Waals surface area contributed by atoms with E-state index in [9.17, 15) is 4.39 Å². The molecule has 0 aliphatic carbocycles. The van der Waals surface area contributed by atoms with Crippen LogP contribution in [0.25, 0.3) is 10.9 Å². The Morgan fingerprint density at radius 2 is 2.31 bits per heavy atom. The molecule has 0 spiro atoms. The number of aromatic nitrogens is 1. The van der Waals surface area contributed by atoms with Crippen LogP contribution >= 0.6 is 0 Å². The summed E-state index contributed by atoms with van der Waals surface area (Å²) in [6.45, 7) is 0.577. The Kier molecular flexibility index (Phi) is 2.04. The molecule has 3 rings (SSSR count). The zero-order chi connectivity index (χ0) is 11.1. The van der Waals surface area contributed by atoms with Crippen molar-refractivity contribution >= 4 is 10.9 Å². The van der Waals surface area contributed by atoms with Crippen molar-refractivity contribution in [2.75, 3.05) is 13.7 Å². The van der Waals surface area contributed by atoms with Crippen LogP contribution in [0.1, 0.15) is 11.7 Å². The second-order valence-electron chi connectivity index (χ2n) is 3.72. The minimum atomic E-state index is -0.316. The topological polar surface area (TPSA) is 34.6 Å². The molecule has 0 bridgehead atoms. The van der Waals surface area contributed by atoms with Crippen LogP contribution in [0.5, 0.6) is 5.75 Å². The van der Waals surface area contributed by atoms with Gasteiger partial charge in [0.05, 0.1) is 25.4 Å². The number of pyridine rings is 1. The van der Waals surface area contributed by atoms with Gasteiger partial charge in [-0.2, -0.15) is 0 Å². The second-order valence-corrected chi connectivity index (χ2v) is 3.72. The maximum atomic E-state index is 13.7. The van der Waals surface area contributed by atoms with Gasteiger partial charge >= 0.3 is 0 Å². The van der Waals surface area contributed by atoms with Crippen molar-refractivity contribution < 1.29 is 13.9 Å². The monoisotopic (exact) mass is 219 g/mol. The summed E-state index contributed by atoms with van der Waals surface area (Å²) >= 11 is 0. The van der Waals surface area contributed by atoms with Gasteiger partial charge in [0, 0.05) is 10.9 Å². The van der Waals surface area contributed by atoms with E-state index in [0.717, 1.165) is 10.9 Å². The Labute approximate surface area is 91.8 Å². The molecule has 0 amide bonds. The lowest BCUT2D eigenvalue weighted by atomic mass is 10.1. The highest BCUT2D eigenvalue weighted by Gasteiger charge is 2.30. The molecule has 1 fully saturated rings. The Bertz CT molecular complexity index is 552. The van der Waals surface area contributed by atoms with Gasteiger partial charge in [0.1, 0.15) is 17.7 Å². The maximum absolute atomic E-state index is 13.7. The van der Waals surface area contributed by atoms with Crippen molar-refractivity contribution in [1.29, 1.82) is 0 Å². The molecule has 2 heterocycles. The molecule has 0 saturated carbocycles. The van der Waals surface area contributed by atoms with Crippen LogP contribution in [0, 0.1) is 5.82 Å². The van der Waals surface area contributed by atoms with E-state index in [1.807, 2.05) is 12.1 Å². The fraction of sp³-hybridized carbons (Fsp3) is 0.250. The van der Waals surface area contributed by atoms with E-state index < -0.39 is 0 Å². The van der Waals surface area contributed by atoms with Crippen LogP contribution in [0.15, 0.2) is 24.4 Å². The number of ether oxygens (including phenoxy) is 2. The summed E-state index contributed by atoms with van der Waals surface area (Å²) in [5.41, 5.74) is 1.34. The minimum absolute atomic E-state index is 0.127. The predicted octanol–water partition coefficient (Wildman–Crippen LogP) is 2.45. The van der Waals surface area contributed by atoms with E-state index in [1.54, 1.807) is 13.2 Å². The van der Waals surface area contributed by atoms with E-state index in [1.165, 1.54) is 6.20 Å². The Hall–Kier alpha value is -1.68. The number of rotatable bonds is 2. The largest absolute Gasteiger partial charge is 0.497 e. The van der Waals surface area contributed by atoms with Gasteiger partial charge < -0.3 is 9.47 Å². The number of nitrogens with zero attached hydrogens (tertiary/aromatic N) is 1. The highest BCUT2D eigenvalue weighted by molar-refractivity contribution is 5.84. The molecule has 82 valence electrons. The van der Waals surface area contributed by atoms with Gasteiger partial charge in [-0.3, -0.25) is 4.98 Å². The van der Waals surface area contributed by atoms with Gasteiger partial charge in [-0.05, 0) is 18.2 Å². The number of fused-ring (bicyclic) bond motifs is 1. The number of hydrogen-bond donors (Lipinski definition) is 0. The lowest BCUT2D eigenvalue weighted by Gasteiger charge is -2.06. The maximum Gasteiger partial charge on any atom is 0.148 e. The number of methoxy groups -OCH3 is 1. The first-order valence-corrected chi connectivity index (χ1v) is 5.03. The average molecular weight is 219 g/mol. The van der Waals surface area contributed by atoms with Gasteiger partial charge in [0.15, 0.2) is 0 Å². The van der Waals surface area contributed by atoms with Gasteiger partial charge in [0.2, 0.25) is 0 Å². The zero-order valence-electron chi connectivity index (χ0n) is 8.74. The highest BCUT2D eigenvalue weighted by Crippen LogP contribution is 2.37. The van der Waals surface area contributed by atoms with Crippen molar-refractivity contribution in [3.05, 3.63) is 35.8 Å². The normalized spacial score (nSPS) is 18.8. The van der Waals surface area contributed by atoms with Crippen LogP contribution in [0.2, 0.25) is 0 Å².